The van der Waals surface area contributed by atoms with Crippen molar-refractivity contribution in [3.8, 4) is 0 Å². The maximum Gasteiger partial charge on any atom is 0.243 e. The highest BCUT2D eigenvalue weighted by Gasteiger charge is 2.06. The molecule has 0 saturated heterocycles. The molecule has 0 spiro atoms. The molecule has 17 heavy (non-hydrogen) atoms. The third-order valence-corrected chi connectivity index (χ3v) is 2.43. The third-order valence-electron chi connectivity index (χ3n) is 2.43. The largest absolute Gasteiger partial charge is 0.364 e. The molecule has 0 radical (unpaired) electrons. The number of anilines is 1. The van der Waals surface area contributed by atoms with Crippen molar-refractivity contribution in [1.29, 1.82) is 0 Å². The second-order valence-corrected chi connectivity index (χ2v) is 3.58. The van der Waals surface area contributed by atoms with Gasteiger partial charge in [-0.2, -0.15) is 5.10 Å². The van der Waals surface area contributed by atoms with Crippen LogP contribution < -0.4 is 5.32 Å². The van der Waals surface area contributed by atoms with E-state index in [9.17, 15) is 0 Å². The minimum absolute atomic E-state index is 0.530. The van der Waals surface area contributed by atoms with E-state index < -0.39 is 0 Å². The van der Waals surface area contributed by atoms with Gasteiger partial charge in [-0.05, 0) is 12.8 Å². The molecule has 6 nitrogen and oxygen atoms in total. The van der Waals surface area contributed by atoms with Crippen LogP contribution in [0.2, 0.25) is 0 Å². The normalized spacial score (nSPS) is 10.5. The lowest BCUT2D eigenvalue weighted by molar-refractivity contribution is 0.412. The average Bonchev–Trinajstić information content (AvgIpc) is 2.89. The molecule has 2 rings (SSSR count). The molecule has 2 aromatic rings. The van der Waals surface area contributed by atoms with Gasteiger partial charge in [0.05, 0.1) is 17.9 Å². The molecule has 2 heterocycles. The Balaban J connectivity index is 2.06. The van der Waals surface area contributed by atoms with Gasteiger partial charge in [0.15, 0.2) is 0 Å². The first-order chi connectivity index (χ1) is 8.33. The summed E-state index contributed by atoms with van der Waals surface area (Å²) in [7, 11) is 0. The fraction of sp³-hybridized carbons (Fsp3) is 0.455. The van der Waals surface area contributed by atoms with Gasteiger partial charge in [-0.3, -0.25) is 0 Å². The highest BCUT2D eigenvalue weighted by Crippen LogP contribution is 2.07. The minimum atomic E-state index is 0.530. The number of aromatic nitrogens is 4. The van der Waals surface area contributed by atoms with Crippen molar-refractivity contribution in [3.05, 3.63) is 29.4 Å². The highest BCUT2D eigenvalue weighted by atomic mass is 16.5. The molecule has 0 aliphatic heterocycles. The van der Waals surface area contributed by atoms with Gasteiger partial charge < -0.3 is 9.84 Å². The third kappa shape index (κ3) is 2.77. The van der Waals surface area contributed by atoms with E-state index in [2.05, 4.69) is 32.6 Å². The first-order valence-electron chi connectivity index (χ1n) is 5.69. The predicted octanol–water partition coefficient (Wildman–Crippen LogP) is 1.60. The summed E-state index contributed by atoms with van der Waals surface area (Å²) in [6.45, 7) is 4.64. The summed E-state index contributed by atoms with van der Waals surface area (Å²) >= 11 is 0. The first-order valence-corrected chi connectivity index (χ1v) is 5.69. The van der Waals surface area contributed by atoms with Gasteiger partial charge in [-0.1, -0.05) is 19.0 Å². The van der Waals surface area contributed by atoms with Crippen LogP contribution in [0.4, 0.5) is 5.95 Å². The van der Waals surface area contributed by atoms with E-state index in [0.717, 1.165) is 29.9 Å². The molecule has 0 bridgehead atoms. The highest BCUT2D eigenvalue weighted by molar-refractivity contribution is 5.26. The van der Waals surface area contributed by atoms with Crippen LogP contribution in [-0.2, 0) is 19.4 Å². The molecule has 0 saturated carbocycles. The smallest absolute Gasteiger partial charge is 0.243 e. The fourth-order valence-corrected chi connectivity index (χ4v) is 1.51. The number of aryl methyl sites for hydroxylation is 2. The summed E-state index contributed by atoms with van der Waals surface area (Å²) in [4.78, 5) is 4.42. The van der Waals surface area contributed by atoms with Crippen molar-refractivity contribution in [2.75, 3.05) is 5.32 Å². The number of hydrogen-bond acceptors (Lipinski definition) is 6. The number of rotatable bonds is 5. The molecule has 0 unspecified atom stereocenters. The Hall–Kier alpha value is -1.98. The molecule has 0 amide bonds. The maximum absolute atomic E-state index is 4.74. The summed E-state index contributed by atoms with van der Waals surface area (Å²) in [5, 5.41) is 15.0. The topological polar surface area (TPSA) is 76.7 Å². The van der Waals surface area contributed by atoms with Crippen LogP contribution in [-0.4, -0.2) is 20.3 Å². The molecule has 0 aromatic carbocycles. The first kappa shape index (κ1) is 11.5. The standard InChI is InChI=1S/C11H15N5O/c1-3-9-10(4-2)14-15-11(13-9)12-7-8-5-6-17-16-8/h5-6H,3-4,7H2,1-2H3,(H,12,13,15). The molecule has 2 aromatic heterocycles. The van der Waals surface area contributed by atoms with Crippen molar-refractivity contribution in [2.24, 2.45) is 0 Å². The van der Waals surface area contributed by atoms with E-state index in [4.69, 9.17) is 4.52 Å². The Labute approximate surface area is 99.5 Å². The Morgan fingerprint density at radius 3 is 2.65 bits per heavy atom. The van der Waals surface area contributed by atoms with Crippen molar-refractivity contribution >= 4 is 5.95 Å². The second-order valence-electron chi connectivity index (χ2n) is 3.58. The van der Waals surface area contributed by atoms with Crippen molar-refractivity contribution in [3.63, 3.8) is 0 Å². The molecular weight excluding hydrogens is 218 g/mol. The fourth-order valence-electron chi connectivity index (χ4n) is 1.51. The Morgan fingerprint density at radius 2 is 2.00 bits per heavy atom. The monoisotopic (exact) mass is 233 g/mol. The van der Waals surface area contributed by atoms with Gasteiger partial charge in [0.1, 0.15) is 12.0 Å². The van der Waals surface area contributed by atoms with Gasteiger partial charge >= 0.3 is 0 Å². The van der Waals surface area contributed by atoms with E-state index in [1.807, 2.05) is 6.92 Å². The quantitative estimate of drug-likeness (QED) is 0.845. The van der Waals surface area contributed by atoms with E-state index >= 15 is 0 Å². The summed E-state index contributed by atoms with van der Waals surface area (Å²) in [5.41, 5.74) is 2.76. The predicted molar refractivity (Wildman–Crippen MR) is 62.4 cm³/mol. The van der Waals surface area contributed by atoms with E-state index in [1.165, 1.54) is 6.26 Å². The van der Waals surface area contributed by atoms with Crippen LogP contribution in [0, 0.1) is 0 Å². The van der Waals surface area contributed by atoms with Crippen LogP contribution in [0.25, 0.3) is 0 Å². The van der Waals surface area contributed by atoms with Crippen molar-refractivity contribution < 1.29 is 4.52 Å². The van der Waals surface area contributed by atoms with E-state index in [-0.39, 0.29) is 0 Å². The van der Waals surface area contributed by atoms with Crippen LogP contribution in [0.3, 0.4) is 0 Å². The summed E-state index contributed by atoms with van der Waals surface area (Å²) in [6.07, 6.45) is 3.25. The van der Waals surface area contributed by atoms with Gasteiger partial charge in [-0.15, -0.1) is 5.10 Å². The SMILES string of the molecule is CCc1nnc(NCc2ccon2)nc1CC. The lowest BCUT2D eigenvalue weighted by Gasteiger charge is -2.06. The molecular formula is C11H15N5O. The zero-order valence-electron chi connectivity index (χ0n) is 9.97. The number of nitrogens with one attached hydrogen (secondary N) is 1. The number of nitrogens with zero attached hydrogens (tertiary/aromatic N) is 4. The van der Waals surface area contributed by atoms with Crippen LogP contribution in [0.15, 0.2) is 16.9 Å². The molecule has 0 atom stereocenters. The van der Waals surface area contributed by atoms with Crippen molar-refractivity contribution in [2.45, 2.75) is 33.2 Å². The summed E-state index contributed by atoms with van der Waals surface area (Å²) < 4.78 is 4.74. The average molecular weight is 233 g/mol. The Kier molecular flexibility index (Phi) is 3.64. The lowest BCUT2D eigenvalue weighted by Crippen LogP contribution is -2.09. The Morgan fingerprint density at radius 1 is 1.18 bits per heavy atom. The summed E-state index contributed by atoms with van der Waals surface area (Å²) in [5.74, 6) is 0.530. The van der Waals surface area contributed by atoms with Gasteiger partial charge in [0.2, 0.25) is 5.95 Å². The molecule has 0 aliphatic carbocycles. The van der Waals surface area contributed by atoms with Crippen LogP contribution in [0.1, 0.15) is 30.9 Å². The van der Waals surface area contributed by atoms with Gasteiger partial charge in [-0.25, -0.2) is 4.98 Å². The molecule has 6 heteroatoms. The minimum Gasteiger partial charge on any atom is -0.364 e. The number of hydrogen-bond donors (Lipinski definition) is 1. The van der Waals surface area contributed by atoms with Crippen LogP contribution in [0.5, 0.6) is 0 Å². The zero-order chi connectivity index (χ0) is 12.1. The molecule has 0 fully saturated rings. The van der Waals surface area contributed by atoms with E-state index in [0.29, 0.717) is 12.5 Å². The molecule has 1 N–H and O–H groups in total. The van der Waals surface area contributed by atoms with Gasteiger partial charge in [0, 0.05) is 6.07 Å². The van der Waals surface area contributed by atoms with Gasteiger partial charge in [0.25, 0.3) is 0 Å². The van der Waals surface area contributed by atoms with Crippen LogP contribution >= 0.6 is 0 Å². The Bertz CT molecular complexity index is 469. The second kappa shape index (κ2) is 5.38. The summed E-state index contributed by atoms with van der Waals surface area (Å²) in [6, 6.07) is 1.79. The zero-order valence-corrected chi connectivity index (χ0v) is 9.97. The van der Waals surface area contributed by atoms with Crippen molar-refractivity contribution in [1.82, 2.24) is 20.3 Å². The molecule has 0 aliphatic rings. The maximum atomic E-state index is 4.74. The lowest BCUT2D eigenvalue weighted by atomic mass is 10.2. The van der Waals surface area contributed by atoms with E-state index in [1.54, 1.807) is 6.07 Å². The molecule has 90 valence electrons.